The third kappa shape index (κ3) is 3.13. The minimum absolute atomic E-state index is 0.0363. The third-order valence-corrected chi connectivity index (χ3v) is 4.89. The Hall–Kier alpha value is -2.94. The van der Waals surface area contributed by atoms with E-state index in [1.54, 1.807) is 7.05 Å². The summed E-state index contributed by atoms with van der Waals surface area (Å²) in [5.74, 6) is -0.192. The van der Waals surface area contributed by atoms with Crippen LogP contribution < -0.4 is 17.0 Å². The number of carbonyl (C=O) groups excluding carboxylic acids is 1. The van der Waals surface area contributed by atoms with E-state index in [0.717, 1.165) is 27.5 Å². The number of hydrogen-bond acceptors (Lipinski definition) is 6. The van der Waals surface area contributed by atoms with Gasteiger partial charge in [0.2, 0.25) is 5.91 Å². The van der Waals surface area contributed by atoms with Crippen LogP contribution in [0.4, 0.5) is 0 Å². The van der Waals surface area contributed by atoms with Gasteiger partial charge in [-0.15, -0.1) is 0 Å². The van der Waals surface area contributed by atoms with E-state index in [0.29, 0.717) is 10.9 Å². The number of thioether (sulfide) groups is 1. The first kappa shape index (κ1) is 17.9. The largest absolute Gasteiger partial charge is 0.369 e. The standard InChI is InChI=1S/C17H17N5O3S/c1-9-5-4-6-10(7-9)13-19-14-12(15(20-13)26-8-11(18)23)16(24)22(3)17(25)21(14)2/h4-7H,8H2,1-3H3,(H2,18,23). The van der Waals surface area contributed by atoms with Gasteiger partial charge in [0.15, 0.2) is 11.5 Å². The number of aryl methyl sites for hydroxylation is 2. The monoisotopic (exact) mass is 371 g/mol. The number of aromatic nitrogens is 4. The summed E-state index contributed by atoms with van der Waals surface area (Å²) in [5.41, 5.74) is 6.23. The van der Waals surface area contributed by atoms with Crippen molar-refractivity contribution < 1.29 is 4.79 Å². The van der Waals surface area contributed by atoms with Gasteiger partial charge < -0.3 is 5.73 Å². The first-order chi connectivity index (χ1) is 12.3. The normalized spacial score (nSPS) is 11.0. The molecule has 9 heteroatoms. The molecule has 0 saturated carbocycles. The van der Waals surface area contributed by atoms with Crippen LogP contribution in [0.15, 0.2) is 38.9 Å². The SMILES string of the molecule is Cc1cccc(-c2nc(SCC(N)=O)c3c(=O)n(C)c(=O)n(C)c3n2)c1. The van der Waals surface area contributed by atoms with Gasteiger partial charge >= 0.3 is 5.69 Å². The van der Waals surface area contributed by atoms with E-state index in [-0.39, 0.29) is 16.8 Å². The maximum absolute atomic E-state index is 12.6. The Morgan fingerprint density at radius 1 is 1.19 bits per heavy atom. The fraction of sp³-hybridized carbons (Fsp3) is 0.235. The van der Waals surface area contributed by atoms with Crippen LogP contribution in [0, 0.1) is 6.92 Å². The lowest BCUT2D eigenvalue weighted by Crippen LogP contribution is -2.37. The molecule has 1 aromatic carbocycles. The zero-order chi connectivity index (χ0) is 19.0. The highest BCUT2D eigenvalue weighted by molar-refractivity contribution is 8.00. The summed E-state index contributed by atoms with van der Waals surface area (Å²) in [6, 6.07) is 7.56. The quantitative estimate of drug-likeness (QED) is 0.530. The molecular formula is C17H17N5O3S. The topological polar surface area (TPSA) is 113 Å². The number of hydrogen-bond donors (Lipinski definition) is 1. The number of rotatable bonds is 4. The lowest BCUT2D eigenvalue weighted by molar-refractivity contribution is -0.115. The first-order valence-electron chi connectivity index (χ1n) is 7.75. The van der Waals surface area contributed by atoms with Gasteiger partial charge in [0.25, 0.3) is 5.56 Å². The van der Waals surface area contributed by atoms with E-state index in [2.05, 4.69) is 9.97 Å². The Labute approximate surface area is 152 Å². The molecule has 26 heavy (non-hydrogen) atoms. The van der Waals surface area contributed by atoms with Crippen molar-refractivity contribution in [2.24, 2.45) is 19.8 Å². The molecule has 0 radical (unpaired) electrons. The van der Waals surface area contributed by atoms with E-state index in [1.807, 2.05) is 31.2 Å². The molecule has 134 valence electrons. The molecule has 0 unspecified atom stereocenters. The third-order valence-electron chi connectivity index (χ3n) is 3.89. The van der Waals surface area contributed by atoms with E-state index in [4.69, 9.17) is 5.73 Å². The van der Waals surface area contributed by atoms with Crippen LogP contribution in [-0.2, 0) is 18.9 Å². The molecule has 0 aliphatic rings. The minimum Gasteiger partial charge on any atom is -0.369 e. The number of benzene rings is 1. The summed E-state index contributed by atoms with van der Waals surface area (Å²) >= 11 is 1.05. The maximum Gasteiger partial charge on any atom is 0.332 e. The van der Waals surface area contributed by atoms with Gasteiger partial charge in [-0.25, -0.2) is 14.8 Å². The molecule has 0 bridgehead atoms. The highest BCUT2D eigenvalue weighted by atomic mass is 32.2. The molecule has 2 aromatic heterocycles. The molecule has 0 saturated heterocycles. The fourth-order valence-corrected chi connectivity index (χ4v) is 3.34. The van der Waals surface area contributed by atoms with Crippen molar-refractivity contribution in [3.63, 3.8) is 0 Å². The van der Waals surface area contributed by atoms with Crippen molar-refractivity contribution in [2.75, 3.05) is 5.75 Å². The molecule has 3 rings (SSSR count). The average Bonchev–Trinajstić information content (AvgIpc) is 2.62. The number of nitrogens with zero attached hydrogens (tertiary/aromatic N) is 4. The predicted molar refractivity (Wildman–Crippen MR) is 100 cm³/mol. The Morgan fingerprint density at radius 3 is 2.58 bits per heavy atom. The first-order valence-corrected chi connectivity index (χ1v) is 8.74. The molecule has 0 aliphatic heterocycles. The summed E-state index contributed by atoms with van der Waals surface area (Å²) in [4.78, 5) is 45.0. The lowest BCUT2D eigenvalue weighted by Gasteiger charge is -2.11. The Balaban J connectivity index is 2.38. The van der Waals surface area contributed by atoms with Gasteiger partial charge in [0.1, 0.15) is 10.4 Å². The van der Waals surface area contributed by atoms with Crippen LogP contribution >= 0.6 is 11.8 Å². The average molecular weight is 371 g/mol. The van der Waals surface area contributed by atoms with Crippen molar-refractivity contribution in [1.29, 1.82) is 0 Å². The second-order valence-corrected chi connectivity index (χ2v) is 6.85. The van der Waals surface area contributed by atoms with Gasteiger partial charge in [-0.3, -0.25) is 18.7 Å². The van der Waals surface area contributed by atoms with Crippen molar-refractivity contribution in [2.45, 2.75) is 11.9 Å². The highest BCUT2D eigenvalue weighted by Crippen LogP contribution is 2.26. The molecule has 0 spiro atoms. The number of primary amides is 1. The van der Waals surface area contributed by atoms with Crippen molar-refractivity contribution in [3.8, 4) is 11.4 Å². The van der Waals surface area contributed by atoms with E-state index in [9.17, 15) is 14.4 Å². The van der Waals surface area contributed by atoms with Gasteiger partial charge in [0.05, 0.1) is 5.75 Å². The highest BCUT2D eigenvalue weighted by Gasteiger charge is 2.18. The second-order valence-electron chi connectivity index (χ2n) is 5.88. The zero-order valence-corrected chi connectivity index (χ0v) is 15.3. The van der Waals surface area contributed by atoms with E-state index < -0.39 is 17.2 Å². The Morgan fingerprint density at radius 2 is 1.92 bits per heavy atom. The summed E-state index contributed by atoms with van der Waals surface area (Å²) in [5, 5.41) is 0.513. The number of fused-ring (bicyclic) bond motifs is 1. The van der Waals surface area contributed by atoms with E-state index >= 15 is 0 Å². The molecule has 0 aliphatic carbocycles. The van der Waals surface area contributed by atoms with Gasteiger partial charge in [-0.05, 0) is 13.0 Å². The number of carbonyl (C=O) groups is 1. The maximum atomic E-state index is 12.6. The van der Waals surface area contributed by atoms with Crippen molar-refractivity contribution >= 4 is 28.7 Å². The molecular weight excluding hydrogens is 354 g/mol. The Kier molecular flexibility index (Phi) is 4.64. The molecule has 8 nitrogen and oxygen atoms in total. The molecule has 2 N–H and O–H groups in total. The van der Waals surface area contributed by atoms with Crippen LogP contribution in [0.25, 0.3) is 22.4 Å². The number of nitrogens with two attached hydrogens (primary N) is 1. The molecule has 1 amide bonds. The molecule has 0 atom stereocenters. The van der Waals surface area contributed by atoms with Crippen LogP contribution in [0.2, 0.25) is 0 Å². The van der Waals surface area contributed by atoms with Crippen molar-refractivity contribution in [3.05, 3.63) is 50.7 Å². The smallest absolute Gasteiger partial charge is 0.332 e. The Bertz CT molecular complexity index is 1150. The molecule has 3 aromatic rings. The summed E-state index contributed by atoms with van der Waals surface area (Å²) in [7, 11) is 2.93. The van der Waals surface area contributed by atoms with Gasteiger partial charge in [0, 0.05) is 19.7 Å². The van der Waals surface area contributed by atoms with Gasteiger partial charge in [-0.1, -0.05) is 35.5 Å². The van der Waals surface area contributed by atoms with E-state index in [1.165, 1.54) is 11.6 Å². The van der Waals surface area contributed by atoms with Gasteiger partial charge in [-0.2, -0.15) is 0 Å². The molecule has 0 fully saturated rings. The summed E-state index contributed by atoms with van der Waals surface area (Å²) in [6.07, 6.45) is 0. The lowest BCUT2D eigenvalue weighted by atomic mass is 10.1. The summed E-state index contributed by atoms with van der Waals surface area (Å²) < 4.78 is 2.29. The van der Waals surface area contributed by atoms with Crippen molar-refractivity contribution in [1.82, 2.24) is 19.1 Å². The fourth-order valence-electron chi connectivity index (χ4n) is 2.59. The van der Waals surface area contributed by atoms with Crippen LogP contribution in [0.1, 0.15) is 5.56 Å². The molecule has 2 heterocycles. The minimum atomic E-state index is -0.527. The van der Waals surface area contributed by atoms with Crippen LogP contribution in [-0.4, -0.2) is 30.8 Å². The predicted octanol–water partition coefficient (Wildman–Crippen LogP) is 0.580. The van der Waals surface area contributed by atoms with Crippen LogP contribution in [0.3, 0.4) is 0 Å². The zero-order valence-electron chi connectivity index (χ0n) is 14.5. The summed E-state index contributed by atoms with van der Waals surface area (Å²) in [6.45, 7) is 1.94. The van der Waals surface area contributed by atoms with Crippen LogP contribution in [0.5, 0.6) is 0 Å². The number of amides is 1. The second kappa shape index (κ2) is 6.75.